The molecule has 190 valence electrons. The van der Waals surface area contributed by atoms with Crippen molar-refractivity contribution in [1.29, 1.82) is 0 Å². The lowest BCUT2D eigenvalue weighted by Gasteiger charge is -2.15. The normalized spacial score (nSPS) is 10.4. The molecule has 0 aliphatic carbocycles. The molecule has 0 aliphatic rings. The van der Waals surface area contributed by atoms with Crippen LogP contribution in [0.5, 0.6) is 17.2 Å². The number of aromatic nitrogens is 2. The van der Waals surface area contributed by atoms with Crippen LogP contribution in [0, 0.1) is 11.6 Å². The van der Waals surface area contributed by atoms with E-state index in [1.165, 1.54) is 27.4 Å². The van der Waals surface area contributed by atoms with Crippen molar-refractivity contribution in [3.05, 3.63) is 78.6 Å². The number of nitrogens with zero attached hydrogens (tertiary/aromatic N) is 2. The molecule has 1 heterocycles. The van der Waals surface area contributed by atoms with Gasteiger partial charge in [-0.15, -0.1) is 0 Å². The molecule has 3 aromatic carbocycles. The average molecular weight is 507 g/mol. The van der Waals surface area contributed by atoms with Gasteiger partial charge in [0.1, 0.15) is 5.82 Å². The fourth-order valence-corrected chi connectivity index (χ4v) is 3.46. The van der Waals surface area contributed by atoms with Crippen LogP contribution in [0.1, 0.15) is 0 Å². The van der Waals surface area contributed by atoms with Crippen molar-refractivity contribution in [3.8, 4) is 28.5 Å². The molecule has 0 radical (unpaired) electrons. The van der Waals surface area contributed by atoms with Crippen LogP contribution in [0.3, 0.4) is 0 Å². The number of methoxy groups -OCH3 is 3. The SMILES string of the molecule is COc1cc(Nc2cncc(-c3ccc(NC(=O)Nc4ccc(F)c(F)c4)cc3)n2)cc(OC)c1OC. The molecule has 4 aromatic rings. The topological polar surface area (TPSA) is 107 Å². The summed E-state index contributed by atoms with van der Waals surface area (Å²) in [6.45, 7) is 0. The fraction of sp³-hybridized carbons (Fsp3) is 0.115. The molecule has 0 unspecified atom stereocenters. The Labute approximate surface area is 211 Å². The van der Waals surface area contributed by atoms with Gasteiger partial charge in [-0.1, -0.05) is 12.1 Å². The second-order valence-electron chi connectivity index (χ2n) is 7.61. The highest BCUT2D eigenvalue weighted by molar-refractivity contribution is 5.99. The van der Waals surface area contributed by atoms with Crippen molar-refractivity contribution in [1.82, 2.24) is 9.97 Å². The van der Waals surface area contributed by atoms with E-state index in [2.05, 4.69) is 25.9 Å². The van der Waals surface area contributed by atoms with Crippen molar-refractivity contribution >= 4 is 28.9 Å². The second-order valence-corrected chi connectivity index (χ2v) is 7.61. The molecule has 0 aliphatic heterocycles. The van der Waals surface area contributed by atoms with Gasteiger partial charge in [-0.25, -0.2) is 18.6 Å². The zero-order chi connectivity index (χ0) is 26.4. The van der Waals surface area contributed by atoms with Gasteiger partial charge in [0, 0.05) is 40.8 Å². The molecule has 0 bridgehead atoms. The Morgan fingerprint density at radius 2 is 1.41 bits per heavy atom. The van der Waals surface area contributed by atoms with Gasteiger partial charge < -0.3 is 30.2 Å². The fourth-order valence-electron chi connectivity index (χ4n) is 3.46. The molecule has 2 amide bonds. The summed E-state index contributed by atoms with van der Waals surface area (Å²) in [6, 6.07) is 12.9. The molecule has 0 fully saturated rings. The van der Waals surface area contributed by atoms with Gasteiger partial charge in [0.25, 0.3) is 0 Å². The van der Waals surface area contributed by atoms with Crippen LogP contribution < -0.4 is 30.2 Å². The highest BCUT2D eigenvalue weighted by Gasteiger charge is 2.14. The predicted octanol–water partition coefficient (Wildman–Crippen LogP) is 5.84. The van der Waals surface area contributed by atoms with E-state index < -0.39 is 17.7 Å². The smallest absolute Gasteiger partial charge is 0.323 e. The molecule has 11 heteroatoms. The first-order valence-corrected chi connectivity index (χ1v) is 10.9. The van der Waals surface area contributed by atoms with Crippen LogP contribution in [0.25, 0.3) is 11.3 Å². The highest BCUT2D eigenvalue weighted by Crippen LogP contribution is 2.40. The molecule has 37 heavy (non-hydrogen) atoms. The number of urea groups is 1. The lowest BCUT2D eigenvalue weighted by molar-refractivity contribution is 0.262. The first-order chi connectivity index (χ1) is 17.9. The quantitative estimate of drug-likeness (QED) is 0.275. The van der Waals surface area contributed by atoms with Crippen LogP contribution in [-0.4, -0.2) is 37.3 Å². The Balaban J connectivity index is 1.45. The van der Waals surface area contributed by atoms with Crippen LogP contribution in [0.2, 0.25) is 0 Å². The maximum absolute atomic E-state index is 13.3. The van der Waals surface area contributed by atoms with E-state index in [4.69, 9.17) is 14.2 Å². The number of nitrogens with one attached hydrogen (secondary N) is 3. The Morgan fingerprint density at radius 1 is 0.757 bits per heavy atom. The summed E-state index contributed by atoms with van der Waals surface area (Å²) < 4.78 is 42.5. The van der Waals surface area contributed by atoms with E-state index >= 15 is 0 Å². The third kappa shape index (κ3) is 6.01. The van der Waals surface area contributed by atoms with Crippen LogP contribution in [-0.2, 0) is 0 Å². The number of hydrogen-bond donors (Lipinski definition) is 3. The number of ether oxygens (including phenoxy) is 3. The summed E-state index contributed by atoms with van der Waals surface area (Å²) >= 11 is 0. The summed E-state index contributed by atoms with van der Waals surface area (Å²) in [5.41, 5.74) is 2.62. The molecule has 0 spiro atoms. The number of halogens is 2. The third-order valence-electron chi connectivity index (χ3n) is 5.19. The van der Waals surface area contributed by atoms with Gasteiger partial charge in [-0.2, -0.15) is 0 Å². The highest BCUT2D eigenvalue weighted by atomic mass is 19.2. The lowest BCUT2D eigenvalue weighted by Crippen LogP contribution is -2.19. The predicted molar refractivity (Wildman–Crippen MR) is 136 cm³/mol. The molecule has 0 saturated carbocycles. The molecule has 3 N–H and O–H groups in total. The molecule has 9 nitrogen and oxygen atoms in total. The van der Waals surface area contributed by atoms with E-state index in [0.29, 0.717) is 40.1 Å². The standard InChI is InChI=1S/C26H23F2N5O4/c1-35-22-11-18(12-23(36-2)25(22)37-3)30-24-14-29-13-21(33-24)15-4-6-16(7-5-15)31-26(34)32-17-8-9-19(27)20(28)10-17/h4-14H,1-3H3,(H,30,33)(H2,31,32,34). The molecule has 1 aromatic heterocycles. The first-order valence-electron chi connectivity index (χ1n) is 10.9. The van der Waals surface area contributed by atoms with E-state index in [0.717, 1.165) is 17.7 Å². The van der Waals surface area contributed by atoms with E-state index in [1.54, 1.807) is 48.8 Å². The molecular formula is C26H23F2N5O4. The van der Waals surface area contributed by atoms with Crippen LogP contribution in [0.15, 0.2) is 67.0 Å². The number of rotatable bonds is 8. The van der Waals surface area contributed by atoms with Gasteiger partial charge >= 0.3 is 6.03 Å². The van der Waals surface area contributed by atoms with Gasteiger partial charge in [0.05, 0.1) is 39.4 Å². The zero-order valence-electron chi connectivity index (χ0n) is 20.1. The maximum Gasteiger partial charge on any atom is 0.323 e. The number of amides is 2. The third-order valence-corrected chi connectivity index (χ3v) is 5.19. The summed E-state index contributed by atoms with van der Waals surface area (Å²) in [6.07, 6.45) is 3.18. The monoisotopic (exact) mass is 507 g/mol. The number of carbonyl (C=O) groups is 1. The van der Waals surface area contributed by atoms with Gasteiger partial charge in [-0.3, -0.25) is 4.98 Å². The number of benzene rings is 3. The minimum absolute atomic E-state index is 0.125. The van der Waals surface area contributed by atoms with Crippen molar-refractivity contribution in [2.75, 3.05) is 37.3 Å². The lowest BCUT2D eigenvalue weighted by atomic mass is 10.1. The minimum atomic E-state index is -1.05. The summed E-state index contributed by atoms with van der Waals surface area (Å²) in [7, 11) is 4.60. The minimum Gasteiger partial charge on any atom is -0.493 e. The van der Waals surface area contributed by atoms with Gasteiger partial charge in [0.2, 0.25) is 5.75 Å². The van der Waals surface area contributed by atoms with E-state index in [1.807, 2.05) is 0 Å². The maximum atomic E-state index is 13.3. The number of hydrogen-bond acceptors (Lipinski definition) is 7. The van der Waals surface area contributed by atoms with Gasteiger partial charge in [-0.05, 0) is 24.3 Å². The molecule has 4 rings (SSSR count). The average Bonchev–Trinajstić information content (AvgIpc) is 2.90. The van der Waals surface area contributed by atoms with Crippen molar-refractivity contribution in [2.24, 2.45) is 0 Å². The largest absolute Gasteiger partial charge is 0.493 e. The zero-order valence-corrected chi connectivity index (χ0v) is 20.1. The van der Waals surface area contributed by atoms with Crippen molar-refractivity contribution in [2.45, 2.75) is 0 Å². The van der Waals surface area contributed by atoms with Crippen LogP contribution in [0.4, 0.5) is 36.5 Å². The molecule has 0 saturated heterocycles. The van der Waals surface area contributed by atoms with Gasteiger partial charge in [0.15, 0.2) is 23.1 Å². The first kappa shape index (κ1) is 25.2. The number of carbonyl (C=O) groups excluding carboxylic acids is 1. The Kier molecular flexibility index (Phi) is 7.62. The summed E-state index contributed by atoms with van der Waals surface area (Å²) in [4.78, 5) is 21.0. The Morgan fingerprint density at radius 3 is 2.03 bits per heavy atom. The Bertz CT molecular complexity index is 1390. The van der Waals surface area contributed by atoms with Crippen molar-refractivity contribution < 1.29 is 27.8 Å². The Hall–Kier alpha value is -4.93. The van der Waals surface area contributed by atoms with Crippen LogP contribution >= 0.6 is 0 Å². The molecular weight excluding hydrogens is 484 g/mol. The molecule has 0 atom stereocenters. The second kappa shape index (κ2) is 11.2. The summed E-state index contributed by atoms with van der Waals surface area (Å²) in [5.74, 6) is -0.101. The van der Waals surface area contributed by atoms with E-state index in [9.17, 15) is 13.6 Å². The number of anilines is 4. The summed E-state index contributed by atoms with van der Waals surface area (Å²) in [5, 5.41) is 8.25. The van der Waals surface area contributed by atoms with E-state index in [-0.39, 0.29) is 5.69 Å². The van der Waals surface area contributed by atoms with Crippen molar-refractivity contribution in [3.63, 3.8) is 0 Å².